The van der Waals surface area contributed by atoms with Gasteiger partial charge in [-0.05, 0) is 19.9 Å². The molecule has 2 rings (SSSR count). The normalized spacial score (nSPS) is 24.0. The number of hydrogen-bond acceptors (Lipinski definition) is 3. The van der Waals surface area contributed by atoms with Crippen molar-refractivity contribution in [3.8, 4) is 5.75 Å². The molecular weight excluding hydrogens is 214 g/mol. The van der Waals surface area contributed by atoms with Crippen molar-refractivity contribution in [1.29, 1.82) is 0 Å². The Hall–Kier alpha value is -1.06. The zero-order valence-corrected chi connectivity index (χ0v) is 10.8. The summed E-state index contributed by atoms with van der Waals surface area (Å²) in [6.07, 6.45) is 1.84. The van der Waals surface area contributed by atoms with Gasteiger partial charge in [0.15, 0.2) is 0 Å². The van der Waals surface area contributed by atoms with Crippen LogP contribution in [0.1, 0.15) is 38.3 Å². The van der Waals surface area contributed by atoms with Gasteiger partial charge in [0.05, 0.1) is 5.60 Å². The van der Waals surface area contributed by atoms with Gasteiger partial charge in [-0.25, -0.2) is 0 Å². The Morgan fingerprint density at radius 3 is 2.82 bits per heavy atom. The molecule has 0 saturated carbocycles. The van der Waals surface area contributed by atoms with Gasteiger partial charge in [-0.2, -0.15) is 0 Å². The molecule has 1 aliphatic rings. The first-order chi connectivity index (χ1) is 8.02. The van der Waals surface area contributed by atoms with E-state index in [1.807, 2.05) is 24.3 Å². The molecule has 0 saturated heterocycles. The average Bonchev–Trinajstić information content (AvgIpc) is 2.28. The molecule has 94 valence electrons. The number of ether oxygens (including phenoxy) is 2. The summed E-state index contributed by atoms with van der Waals surface area (Å²) in [5.41, 5.74) is 7.12. The molecule has 0 spiro atoms. The van der Waals surface area contributed by atoms with Gasteiger partial charge in [0, 0.05) is 31.6 Å². The van der Waals surface area contributed by atoms with E-state index in [0.29, 0.717) is 0 Å². The van der Waals surface area contributed by atoms with Crippen molar-refractivity contribution in [3.63, 3.8) is 0 Å². The molecule has 0 bridgehead atoms. The summed E-state index contributed by atoms with van der Waals surface area (Å²) in [5, 5.41) is 0. The lowest BCUT2D eigenvalue weighted by Gasteiger charge is -2.34. The molecule has 3 nitrogen and oxygen atoms in total. The van der Waals surface area contributed by atoms with Gasteiger partial charge in [0.2, 0.25) is 0 Å². The summed E-state index contributed by atoms with van der Waals surface area (Å²) in [6.45, 7) is 4.14. The van der Waals surface area contributed by atoms with Crippen LogP contribution in [0.15, 0.2) is 24.3 Å². The van der Waals surface area contributed by atoms with E-state index in [9.17, 15) is 0 Å². The Balaban J connectivity index is 2.12. The first kappa shape index (κ1) is 12.4. The van der Waals surface area contributed by atoms with Crippen molar-refractivity contribution in [3.05, 3.63) is 29.8 Å². The van der Waals surface area contributed by atoms with Gasteiger partial charge in [0.25, 0.3) is 0 Å². The van der Waals surface area contributed by atoms with Crippen LogP contribution in [-0.2, 0) is 4.74 Å². The van der Waals surface area contributed by atoms with Crippen molar-refractivity contribution in [2.45, 2.75) is 44.4 Å². The first-order valence-corrected chi connectivity index (χ1v) is 6.08. The van der Waals surface area contributed by atoms with Crippen LogP contribution in [-0.4, -0.2) is 18.8 Å². The monoisotopic (exact) mass is 235 g/mol. The number of benzene rings is 1. The fraction of sp³-hybridized carbons (Fsp3) is 0.571. The molecule has 0 aromatic heterocycles. The fourth-order valence-electron chi connectivity index (χ4n) is 2.29. The molecule has 0 aliphatic carbocycles. The lowest BCUT2D eigenvalue weighted by atomic mass is 9.91. The summed E-state index contributed by atoms with van der Waals surface area (Å²) in [7, 11) is 1.73. The Kier molecular flexibility index (Phi) is 3.40. The molecule has 3 heteroatoms. The van der Waals surface area contributed by atoms with Crippen LogP contribution in [0, 0.1) is 0 Å². The average molecular weight is 235 g/mol. The van der Waals surface area contributed by atoms with Crippen LogP contribution in [0.25, 0.3) is 0 Å². The van der Waals surface area contributed by atoms with Crippen LogP contribution in [0.5, 0.6) is 5.75 Å². The summed E-state index contributed by atoms with van der Waals surface area (Å²) in [5.74, 6) is 0.920. The minimum atomic E-state index is -0.170. The number of rotatable bonds is 3. The predicted octanol–water partition coefficient (Wildman–Crippen LogP) is 2.65. The Morgan fingerprint density at radius 1 is 1.41 bits per heavy atom. The second-order valence-electron chi connectivity index (χ2n) is 5.29. The highest BCUT2D eigenvalue weighted by Gasteiger charge is 2.30. The van der Waals surface area contributed by atoms with Gasteiger partial charge < -0.3 is 15.2 Å². The number of fused-ring (bicyclic) bond motifs is 1. The lowest BCUT2D eigenvalue weighted by Crippen LogP contribution is -2.36. The molecule has 17 heavy (non-hydrogen) atoms. The molecule has 0 radical (unpaired) electrons. The SMILES string of the molecule is COC(C)(C)CC1C[C@@H](N)c2ccccc2O1. The van der Waals surface area contributed by atoms with Crippen LogP contribution in [0.2, 0.25) is 0 Å². The van der Waals surface area contributed by atoms with Crippen molar-refractivity contribution < 1.29 is 9.47 Å². The molecule has 1 heterocycles. The van der Waals surface area contributed by atoms with Crippen molar-refractivity contribution in [1.82, 2.24) is 0 Å². The fourth-order valence-corrected chi connectivity index (χ4v) is 2.29. The van der Waals surface area contributed by atoms with Gasteiger partial charge in [-0.3, -0.25) is 0 Å². The Morgan fingerprint density at radius 2 is 2.12 bits per heavy atom. The predicted molar refractivity (Wildman–Crippen MR) is 68.1 cm³/mol. The quantitative estimate of drug-likeness (QED) is 0.876. The minimum Gasteiger partial charge on any atom is -0.490 e. The third-order valence-electron chi connectivity index (χ3n) is 3.40. The highest BCUT2D eigenvalue weighted by atomic mass is 16.5. The maximum atomic E-state index is 6.18. The molecule has 1 aliphatic heterocycles. The maximum absolute atomic E-state index is 6.18. The zero-order chi connectivity index (χ0) is 12.5. The van der Waals surface area contributed by atoms with E-state index < -0.39 is 0 Å². The van der Waals surface area contributed by atoms with Gasteiger partial charge >= 0.3 is 0 Å². The molecular formula is C14H21NO2. The van der Waals surface area contributed by atoms with Crippen LogP contribution in [0.3, 0.4) is 0 Å². The van der Waals surface area contributed by atoms with Crippen LogP contribution < -0.4 is 10.5 Å². The summed E-state index contributed by atoms with van der Waals surface area (Å²) in [6, 6.07) is 8.08. The maximum Gasteiger partial charge on any atom is 0.124 e. The topological polar surface area (TPSA) is 44.5 Å². The molecule has 1 aromatic carbocycles. The first-order valence-electron chi connectivity index (χ1n) is 6.08. The molecule has 2 N–H and O–H groups in total. The van der Waals surface area contributed by atoms with Crippen molar-refractivity contribution in [2.75, 3.05) is 7.11 Å². The second kappa shape index (κ2) is 4.67. The van der Waals surface area contributed by atoms with Crippen LogP contribution >= 0.6 is 0 Å². The van der Waals surface area contributed by atoms with Crippen molar-refractivity contribution >= 4 is 0 Å². The molecule has 1 unspecified atom stereocenters. The van der Waals surface area contributed by atoms with Crippen LogP contribution in [0.4, 0.5) is 0 Å². The van der Waals surface area contributed by atoms with E-state index in [-0.39, 0.29) is 17.7 Å². The largest absolute Gasteiger partial charge is 0.490 e. The van der Waals surface area contributed by atoms with Gasteiger partial charge in [-0.1, -0.05) is 18.2 Å². The van der Waals surface area contributed by atoms with E-state index in [4.69, 9.17) is 15.2 Å². The lowest BCUT2D eigenvalue weighted by molar-refractivity contribution is -0.0194. The molecule has 2 atom stereocenters. The minimum absolute atomic E-state index is 0.0672. The third kappa shape index (κ3) is 2.79. The molecule has 0 fully saturated rings. The van der Waals surface area contributed by atoms with E-state index in [0.717, 1.165) is 24.2 Å². The highest BCUT2D eigenvalue weighted by molar-refractivity contribution is 5.37. The smallest absolute Gasteiger partial charge is 0.124 e. The van der Waals surface area contributed by atoms with Gasteiger partial charge in [0.1, 0.15) is 11.9 Å². The Bertz CT molecular complexity index is 390. The summed E-state index contributed by atoms with van der Waals surface area (Å²) >= 11 is 0. The third-order valence-corrected chi connectivity index (χ3v) is 3.40. The molecule has 1 aromatic rings. The van der Waals surface area contributed by atoms with E-state index in [1.165, 1.54) is 0 Å². The second-order valence-corrected chi connectivity index (χ2v) is 5.29. The summed E-state index contributed by atoms with van der Waals surface area (Å²) in [4.78, 5) is 0. The number of nitrogens with two attached hydrogens (primary N) is 1. The summed E-state index contributed by atoms with van der Waals surface area (Å²) < 4.78 is 11.4. The van der Waals surface area contributed by atoms with E-state index in [1.54, 1.807) is 7.11 Å². The highest BCUT2D eigenvalue weighted by Crippen LogP contribution is 2.35. The number of para-hydroxylation sites is 1. The molecule has 0 amide bonds. The number of methoxy groups -OCH3 is 1. The van der Waals surface area contributed by atoms with Crippen molar-refractivity contribution in [2.24, 2.45) is 5.73 Å². The number of hydrogen-bond donors (Lipinski definition) is 1. The van der Waals surface area contributed by atoms with Gasteiger partial charge in [-0.15, -0.1) is 0 Å². The van der Waals surface area contributed by atoms with E-state index in [2.05, 4.69) is 13.8 Å². The zero-order valence-electron chi connectivity index (χ0n) is 10.8. The van der Waals surface area contributed by atoms with E-state index >= 15 is 0 Å². The Labute approximate surface area is 103 Å². The standard InChI is InChI=1S/C14H21NO2/c1-14(2,16-3)9-10-8-12(15)11-6-4-5-7-13(11)17-10/h4-7,10,12H,8-9,15H2,1-3H3/t10?,12-/m1/s1.